The second-order valence-corrected chi connectivity index (χ2v) is 7.51. The van der Waals surface area contributed by atoms with Crippen LogP contribution in [0, 0.1) is 11.2 Å². The summed E-state index contributed by atoms with van der Waals surface area (Å²) in [5.41, 5.74) is 2.82. The lowest BCUT2D eigenvalue weighted by Gasteiger charge is -2.30. The van der Waals surface area contributed by atoms with Gasteiger partial charge < -0.3 is 15.2 Å². The fraction of sp³-hybridized carbons (Fsp3) is 0.250. The number of nitrogens with two attached hydrogens (primary N) is 1. The first kappa shape index (κ1) is 21.5. The minimum Gasteiger partial charge on any atom is -0.382 e. The molecule has 1 aliphatic rings. The molecule has 1 aliphatic heterocycles. The van der Waals surface area contributed by atoms with E-state index in [1.807, 2.05) is 0 Å². The first-order valence-electron chi connectivity index (χ1n) is 8.07. The maximum atomic E-state index is 13.8. The number of hydrogen-bond donors (Lipinski definition) is 2. The van der Waals surface area contributed by atoms with Gasteiger partial charge in [0.2, 0.25) is 5.82 Å². The minimum absolute atomic E-state index is 0.0868. The van der Waals surface area contributed by atoms with E-state index in [0.29, 0.717) is 18.7 Å². The average molecular weight is 465 g/mol. The first-order chi connectivity index (χ1) is 13.6. The zero-order valence-corrected chi connectivity index (χ0v) is 17.3. The Hall–Kier alpha value is -2.16. The molecule has 0 fully saturated rings. The Morgan fingerprint density at radius 2 is 2.14 bits per heavy atom. The Bertz CT molecular complexity index is 1020. The molecule has 0 bridgehead atoms. The molecule has 0 amide bonds. The molecule has 3 N–H and O–H groups in total. The van der Waals surface area contributed by atoms with Crippen molar-refractivity contribution in [1.29, 1.82) is 5.41 Å². The highest BCUT2D eigenvalue weighted by molar-refractivity contribution is 7.17. The molecule has 1 aromatic carbocycles. The molecule has 0 saturated carbocycles. The molecule has 2 heterocycles. The van der Waals surface area contributed by atoms with Gasteiger partial charge in [0.25, 0.3) is 5.89 Å². The number of alkyl halides is 2. The predicted octanol–water partition coefficient (Wildman–Crippen LogP) is 3.56. The summed E-state index contributed by atoms with van der Waals surface area (Å²) in [6.07, 6.45) is 1.25. The smallest absolute Gasteiger partial charge is 0.320 e. The molecule has 154 valence electrons. The Morgan fingerprint density at radius 1 is 1.41 bits per heavy atom. The van der Waals surface area contributed by atoms with Gasteiger partial charge in [-0.05, 0) is 18.2 Å². The summed E-state index contributed by atoms with van der Waals surface area (Å²) < 4.78 is 45.1. The zero-order chi connectivity index (χ0) is 21.3. The van der Waals surface area contributed by atoms with Crippen LogP contribution in [0.4, 0.5) is 13.2 Å². The fourth-order valence-corrected chi connectivity index (χ4v) is 3.16. The molecular weight excluding hydrogens is 451 g/mol. The molecule has 13 heteroatoms. The third kappa shape index (κ3) is 4.71. The van der Waals surface area contributed by atoms with Crippen molar-refractivity contribution in [2.45, 2.75) is 12.2 Å². The lowest BCUT2D eigenvalue weighted by Crippen LogP contribution is -2.38. The van der Waals surface area contributed by atoms with Gasteiger partial charge in [0.1, 0.15) is 17.4 Å². The summed E-state index contributed by atoms with van der Waals surface area (Å²) in [5.74, 6) is -1.82. The molecular formula is C16H14Cl2F3N6OP. The third-order valence-electron chi connectivity index (χ3n) is 3.98. The first-order valence-corrected chi connectivity index (χ1v) is 9.40. The molecule has 1 atom stereocenters. The number of nitrogens with zero attached hydrogens (tertiary/aromatic N) is 4. The van der Waals surface area contributed by atoms with Crippen LogP contribution in [0.25, 0.3) is 0 Å². The van der Waals surface area contributed by atoms with Gasteiger partial charge in [-0.25, -0.2) is 4.39 Å². The molecule has 3 rings (SSSR count). The van der Waals surface area contributed by atoms with Gasteiger partial charge in [-0.15, -0.1) is 0 Å². The SMILES string of the molecule is N=C(/C=C1\C(N)=NCCN1Cc1c(Cl)ccc(F)c1Cl)c1nc(C(F)(F)P)no1. The number of halogens is 5. The Labute approximate surface area is 175 Å². The average Bonchev–Trinajstić information content (AvgIpc) is 3.15. The number of benzene rings is 1. The number of amidine groups is 1. The summed E-state index contributed by atoms with van der Waals surface area (Å²) in [7, 11) is 1.28. The summed E-state index contributed by atoms with van der Waals surface area (Å²) in [6.45, 7) is 0.816. The standard InChI is InChI=1S/C16H14Cl2F3N6OP/c17-8-1-2-9(19)12(18)7(8)6-27-4-3-24-13(23)11(27)5-10(22)14-25-15(26-28-14)16(20,21)29/h1-2,5,22H,3-4,6,29H2,(H2,23,24)/b11-5+,22-10?. The van der Waals surface area contributed by atoms with E-state index in [4.69, 9.17) is 38.9 Å². The number of rotatable bonds is 5. The van der Waals surface area contributed by atoms with E-state index < -0.39 is 23.2 Å². The maximum Gasteiger partial charge on any atom is 0.320 e. The summed E-state index contributed by atoms with van der Waals surface area (Å²) in [6, 6.07) is 2.54. The Kier molecular flexibility index (Phi) is 6.16. The van der Waals surface area contributed by atoms with Crippen LogP contribution in [0.3, 0.4) is 0 Å². The van der Waals surface area contributed by atoms with E-state index in [-0.39, 0.29) is 33.8 Å². The van der Waals surface area contributed by atoms with Gasteiger partial charge in [0.05, 0.1) is 17.3 Å². The number of hydrogen-bond acceptors (Lipinski definition) is 7. The topological polar surface area (TPSA) is 104 Å². The molecule has 1 unspecified atom stereocenters. The van der Waals surface area contributed by atoms with E-state index >= 15 is 0 Å². The molecule has 29 heavy (non-hydrogen) atoms. The normalized spacial score (nSPS) is 16.3. The van der Waals surface area contributed by atoms with Crippen molar-refractivity contribution in [3.63, 3.8) is 0 Å². The van der Waals surface area contributed by atoms with Crippen LogP contribution in [-0.4, -0.2) is 39.7 Å². The number of aromatic nitrogens is 2. The highest BCUT2D eigenvalue weighted by atomic mass is 35.5. The van der Waals surface area contributed by atoms with Gasteiger partial charge in [0, 0.05) is 23.7 Å². The van der Waals surface area contributed by atoms with Crippen molar-refractivity contribution >= 4 is 44.0 Å². The fourth-order valence-electron chi connectivity index (χ4n) is 2.56. The van der Waals surface area contributed by atoms with Crippen molar-refractivity contribution in [2.75, 3.05) is 13.1 Å². The highest BCUT2D eigenvalue weighted by Crippen LogP contribution is 2.32. The molecule has 7 nitrogen and oxygen atoms in total. The van der Waals surface area contributed by atoms with Crippen LogP contribution in [0.2, 0.25) is 10.0 Å². The Balaban J connectivity index is 1.92. The minimum atomic E-state index is -3.39. The van der Waals surface area contributed by atoms with Crippen molar-refractivity contribution in [1.82, 2.24) is 15.0 Å². The van der Waals surface area contributed by atoms with Gasteiger partial charge >= 0.3 is 5.66 Å². The van der Waals surface area contributed by atoms with E-state index in [0.717, 1.165) is 6.07 Å². The molecule has 0 spiro atoms. The predicted molar refractivity (Wildman–Crippen MR) is 106 cm³/mol. The van der Waals surface area contributed by atoms with Crippen LogP contribution >= 0.6 is 32.4 Å². The molecule has 0 saturated heterocycles. The van der Waals surface area contributed by atoms with E-state index in [9.17, 15) is 13.2 Å². The van der Waals surface area contributed by atoms with Crippen molar-refractivity contribution in [3.8, 4) is 0 Å². The third-order valence-corrected chi connectivity index (χ3v) is 5.00. The number of aliphatic imine (C=N–C) groups is 1. The zero-order valence-electron chi connectivity index (χ0n) is 14.6. The van der Waals surface area contributed by atoms with Gasteiger partial charge in [0.15, 0.2) is 0 Å². The largest absolute Gasteiger partial charge is 0.382 e. The quantitative estimate of drug-likeness (QED) is 0.399. The maximum absolute atomic E-state index is 13.8. The molecule has 0 radical (unpaired) electrons. The summed E-state index contributed by atoms with van der Waals surface area (Å²) in [5, 5.41) is 11.4. The second-order valence-electron chi connectivity index (χ2n) is 6.00. The lowest BCUT2D eigenvalue weighted by molar-refractivity contribution is 0.0899. The summed E-state index contributed by atoms with van der Waals surface area (Å²) >= 11 is 12.2. The lowest BCUT2D eigenvalue weighted by atomic mass is 10.1. The monoisotopic (exact) mass is 464 g/mol. The van der Waals surface area contributed by atoms with Crippen LogP contribution in [0.15, 0.2) is 33.4 Å². The van der Waals surface area contributed by atoms with Gasteiger partial charge in [-0.1, -0.05) is 37.6 Å². The van der Waals surface area contributed by atoms with Gasteiger partial charge in [-0.3, -0.25) is 10.4 Å². The number of allylic oxidation sites excluding steroid dienone is 1. The number of nitrogens with one attached hydrogen (secondary N) is 1. The van der Waals surface area contributed by atoms with Crippen molar-refractivity contribution < 1.29 is 17.7 Å². The van der Waals surface area contributed by atoms with E-state index in [1.54, 1.807) is 4.90 Å². The van der Waals surface area contributed by atoms with Gasteiger partial charge in [-0.2, -0.15) is 13.8 Å². The highest BCUT2D eigenvalue weighted by Gasteiger charge is 2.32. The van der Waals surface area contributed by atoms with Crippen molar-refractivity contribution in [2.24, 2.45) is 10.7 Å². The molecule has 0 aliphatic carbocycles. The van der Waals surface area contributed by atoms with Crippen LogP contribution in [0.5, 0.6) is 0 Å². The van der Waals surface area contributed by atoms with E-state index in [2.05, 4.69) is 15.1 Å². The Morgan fingerprint density at radius 3 is 2.79 bits per heavy atom. The molecule has 1 aromatic heterocycles. The van der Waals surface area contributed by atoms with Crippen LogP contribution in [-0.2, 0) is 12.2 Å². The second kappa shape index (κ2) is 8.30. The van der Waals surface area contributed by atoms with E-state index in [1.165, 1.54) is 21.4 Å². The molecule has 2 aromatic rings. The van der Waals surface area contributed by atoms with Crippen LogP contribution in [0.1, 0.15) is 17.3 Å². The van der Waals surface area contributed by atoms with Crippen molar-refractivity contribution in [3.05, 3.63) is 57.0 Å². The van der Waals surface area contributed by atoms with Crippen LogP contribution < -0.4 is 5.73 Å². The summed E-state index contributed by atoms with van der Waals surface area (Å²) in [4.78, 5) is 9.31.